The van der Waals surface area contributed by atoms with Gasteiger partial charge in [0.05, 0.1) is 0 Å². The number of nitrogens with zero attached hydrogens (tertiary/aromatic N) is 1. The van der Waals surface area contributed by atoms with E-state index in [9.17, 15) is 0 Å². The topological polar surface area (TPSA) is 29.3 Å². The number of hydrogen-bond acceptors (Lipinski definition) is 3. The molecular formula is C16H26N2S. The molecule has 0 aromatic heterocycles. The molecule has 2 N–H and O–H groups in total. The van der Waals surface area contributed by atoms with Crippen molar-refractivity contribution < 1.29 is 0 Å². The Bertz CT molecular complexity index is 419. The molecule has 2 rings (SSSR count). The minimum atomic E-state index is 0.288. The molecule has 19 heavy (non-hydrogen) atoms. The second-order valence-corrected chi connectivity index (χ2v) is 6.76. The first-order valence-corrected chi connectivity index (χ1v) is 8.46. The lowest BCUT2D eigenvalue weighted by molar-refractivity contribution is 0.645. The molecule has 0 amide bonds. The minimum Gasteiger partial charge on any atom is -0.367 e. The summed E-state index contributed by atoms with van der Waals surface area (Å²) in [7, 11) is 0. The maximum Gasteiger partial charge on any atom is 0.0399 e. The van der Waals surface area contributed by atoms with Gasteiger partial charge < -0.3 is 10.6 Å². The number of benzene rings is 1. The average molecular weight is 278 g/mol. The minimum absolute atomic E-state index is 0.288. The summed E-state index contributed by atoms with van der Waals surface area (Å²) in [6.07, 6.45) is 2.03. The monoisotopic (exact) mass is 278 g/mol. The van der Waals surface area contributed by atoms with E-state index < -0.39 is 0 Å². The summed E-state index contributed by atoms with van der Waals surface area (Å²) in [6, 6.07) is 7.79. The molecule has 1 heterocycles. The number of aryl methyl sites for hydroxylation is 1. The highest BCUT2D eigenvalue weighted by Gasteiger charge is 2.20. The quantitative estimate of drug-likeness (QED) is 0.917. The van der Waals surface area contributed by atoms with Gasteiger partial charge in [0.15, 0.2) is 0 Å². The molecule has 2 unspecified atom stereocenters. The van der Waals surface area contributed by atoms with E-state index in [1.165, 1.54) is 34.9 Å². The molecule has 2 nitrogen and oxygen atoms in total. The molecule has 1 saturated heterocycles. The van der Waals surface area contributed by atoms with Gasteiger partial charge in [-0.3, -0.25) is 0 Å². The molecule has 0 bridgehead atoms. The van der Waals surface area contributed by atoms with E-state index in [1.54, 1.807) is 0 Å². The van der Waals surface area contributed by atoms with Gasteiger partial charge in [0.1, 0.15) is 0 Å². The molecule has 0 spiro atoms. The Labute approximate surface area is 121 Å². The molecule has 1 aliphatic heterocycles. The number of anilines is 1. The van der Waals surface area contributed by atoms with E-state index in [2.05, 4.69) is 55.6 Å². The molecule has 106 valence electrons. The van der Waals surface area contributed by atoms with Crippen LogP contribution in [0.25, 0.3) is 0 Å². The third kappa shape index (κ3) is 3.67. The van der Waals surface area contributed by atoms with Crippen LogP contribution in [0, 0.1) is 6.92 Å². The van der Waals surface area contributed by atoms with Crippen LogP contribution in [0.15, 0.2) is 18.2 Å². The highest BCUT2D eigenvalue weighted by Crippen LogP contribution is 2.27. The normalized spacial score (nSPS) is 21.5. The number of thioether (sulfide) groups is 1. The zero-order valence-corrected chi connectivity index (χ0v) is 13.2. The van der Waals surface area contributed by atoms with Crippen LogP contribution in [0.5, 0.6) is 0 Å². The SMILES string of the molecule is CCC(N)Cc1ccc(N2CCSCC2C)c(C)c1. The Balaban J connectivity index is 2.14. The van der Waals surface area contributed by atoms with Gasteiger partial charge >= 0.3 is 0 Å². The Hall–Kier alpha value is -0.670. The lowest BCUT2D eigenvalue weighted by atomic mass is 10.0. The van der Waals surface area contributed by atoms with Crippen molar-refractivity contribution in [3.63, 3.8) is 0 Å². The number of nitrogens with two attached hydrogens (primary N) is 1. The van der Waals surface area contributed by atoms with Crippen molar-refractivity contribution in [3.8, 4) is 0 Å². The highest BCUT2D eigenvalue weighted by atomic mass is 32.2. The third-order valence-electron chi connectivity index (χ3n) is 3.96. The summed E-state index contributed by atoms with van der Waals surface area (Å²) < 4.78 is 0. The molecule has 0 aliphatic carbocycles. The molecular weight excluding hydrogens is 252 g/mol. The third-order valence-corrected chi connectivity index (χ3v) is 5.15. The molecule has 1 aromatic rings. The molecule has 0 saturated carbocycles. The van der Waals surface area contributed by atoms with Crippen molar-refractivity contribution in [2.45, 2.75) is 45.7 Å². The lowest BCUT2D eigenvalue weighted by Gasteiger charge is -2.36. The maximum atomic E-state index is 6.04. The van der Waals surface area contributed by atoms with Crippen molar-refractivity contribution in [1.29, 1.82) is 0 Å². The first-order valence-electron chi connectivity index (χ1n) is 7.31. The fourth-order valence-electron chi connectivity index (χ4n) is 2.70. The standard InChI is InChI=1S/C16H26N2S/c1-4-15(17)10-14-5-6-16(12(2)9-14)18-7-8-19-11-13(18)3/h5-6,9,13,15H,4,7-8,10-11,17H2,1-3H3. The Kier molecular flexibility index (Phi) is 5.17. The molecule has 0 radical (unpaired) electrons. The van der Waals surface area contributed by atoms with E-state index in [4.69, 9.17) is 5.73 Å². The first-order chi connectivity index (χ1) is 9.11. The zero-order valence-electron chi connectivity index (χ0n) is 12.4. The van der Waals surface area contributed by atoms with E-state index >= 15 is 0 Å². The summed E-state index contributed by atoms with van der Waals surface area (Å²) in [6.45, 7) is 7.87. The summed E-state index contributed by atoms with van der Waals surface area (Å²) in [5.41, 5.74) is 10.2. The average Bonchev–Trinajstić information content (AvgIpc) is 2.40. The smallest absolute Gasteiger partial charge is 0.0399 e. The van der Waals surface area contributed by atoms with E-state index in [1.807, 2.05) is 0 Å². The zero-order chi connectivity index (χ0) is 13.8. The number of hydrogen-bond donors (Lipinski definition) is 1. The Morgan fingerprint density at radius 1 is 1.47 bits per heavy atom. The number of rotatable bonds is 4. The van der Waals surface area contributed by atoms with E-state index in [0.29, 0.717) is 6.04 Å². The lowest BCUT2D eigenvalue weighted by Crippen LogP contribution is -2.40. The van der Waals surface area contributed by atoms with Crippen LogP contribution in [0.4, 0.5) is 5.69 Å². The molecule has 1 aliphatic rings. The predicted molar refractivity (Wildman–Crippen MR) is 87.3 cm³/mol. The van der Waals surface area contributed by atoms with Crippen LogP contribution in [-0.4, -0.2) is 30.1 Å². The second-order valence-electron chi connectivity index (χ2n) is 5.61. The van der Waals surface area contributed by atoms with Crippen LogP contribution in [0.3, 0.4) is 0 Å². The van der Waals surface area contributed by atoms with Crippen LogP contribution < -0.4 is 10.6 Å². The van der Waals surface area contributed by atoms with Gasteiger partial charge in [0.25, 0.3) is 0 Å². The van der Waals surface area contributed by atoms with Gasteiger partial charge in [-0.1, -0.05) is 19.1 Å². The molecule has 1 fully saturated rings. The van der Waals surface area contributed by atoms with E-state index in [0.717, 1.165) is 12.8 Å². The highest BCUT2D eigenvalue weighted by molar-refractivity contribution is 7.99. The Morgan fingerprint density at radius 3 is 2.89 bits per heavy atom. The van der Waals surface area contributed by atoms with Crippen LogP contribution in [0.2, 0.25) is 0 Å². The largest absolute Gasteiger partial charge is 0.367 e. The van der Waals surface area contributed by atoms with Gasteiger partial charge in [-0.05, 0) is 43.9 Å². The van der Waals surface area contributed by atoms with Crippen molar-refractivity contribution in [2.24, 2.45) is 5.73 Å². The van der Waals surface area contributed by atoms with Crippen molar-refractivity contribution >= 4 is 17.4 Å². The summed E-state index contributed by atoms with van der Waals surface area (Å²) >= 11 is 2.06. The van der Waals surface area contributed by atoms with Gasteiger partial charge in [-0.25, -0.2) is 0 Å². The van der Waals surface area contributed by atoms with Gasteiger partial charge in [0.2, 0.25) is 0 Å². The van der Waals surface area contributed by atoms with E-state index in [-0.39, 0.29) is 6.04 Å². The summed E-state index contributed by atoms with van der Waals surface area (Å²) in [5.74, 6) is 2.48. The Morgan fingerprint density at radius 2 is 2.26 bits per heavy atom. The predicted octanol–water partition coefficient (Wildman–Crippen LogP) is 3.22. The molecule has 1 aromatic carbocycles. The molecule has 3 heteroatoms. The van der Waals surface area contributed by atoms with Crippen molar-refractivity contribution in [3.05, 3.63) is 29.3 Å². The van der Waals surface area contributed by atoms with Gasteiger partial charge in [-0.15, -0.1) is 0 Å². The first kappa shape index (κ1) is 14.7. The van der Waals surface area contributed by atoms with Gasteiger partial charge in [-0.2, -0.15) is 11.8 Å². The fraction of sp³-hybridized carbons (Fsp3) is 0.625. The summed E-state index contributed by atoms with van der Waals surface area (Å²) in [4.78, 5) is 2.55. The second kappa shape index (κ2) is 6.67. The van der Waals surface area contributed by atoms with Crippen LogP contribution in [0.1, 0.15) is 31.4 Å². The van der Waals surface area contributed by atoms with Crippen molar-refractivity contribution in [2.75, 3.05) is 23.0 Å². The molecule has 2 atom stereocenters. The summed E-state index contributed by atoms with van der Waals surface area (Å²) in [5, 5.41) is 0. The maximum absolute atomic E-state index is 6.04. The van der Waals surface area contributed by atoms with Crippen molar-refractivity contribution in [1.82, 2.24) is 0 Å². The van der Waals surface area contributed by atoms with Crippen LogP contribution in [-0.2, 0) is 6.42 Å². The fourth-order valence-corrected chi connectivity index (χ4v) is 3.71. The van der Waals surface area contributed by atoms with Crippen LogP contribution >= 0.6 is 11.8 Å². The van der Waals surface area contributed by atoms with Gasteiger partial charge in [0, 0.05) is 35.8 Å².